The average molecular weight is 301 g/mol. The molecule has 0 aliphatic rings. The van der Waals surface area contributed by atoms with Crippen LogP contribution in [-0.4, -0.2) is 61.9 Å². The lowest BCUT2D eigenvalue weighted by molar-refractivity contribution is 0.0176. The van der Waals surface area contributed by atoms with Crippen molar-refractivity contribution in [2.45, 2.75) is 0 Å². The van der Waals surface area contributed by atoms with E-state index in [0.29, 0.717) is 51.1 Å². The summed E-state index contributed by atoms with van der Waals surface area (Å²) >= 11 is 4.89. The Kier molecular flexibility index (Phi) is 8.72. The SMILES string of the molecule is COCCOCCOCCOc1nnccc1C(N)=S. The highest BCUT2D eigenvalue weighted by Crippen LogP contribution is 2.12. The van der Waals surface area contributed by atoms with Crippen molar-refractivity contribution in [3.8, 4) is 5.88 Å². The Balaban J connectivity index is 2.11. The highest BCUT2D eigenvalue weighted by Gasteiger charge is 2.07. The monoisotopic (exact) mass is 301 g/mol. The fourth-order valence-corrected chi connectivity index (χ4v) is 1.43. The minimum Gasteiger partial charge on any atom is -0.474 e. The molecular weight excluding hydrogens is 282 g/mol. The number of ether oxygens (including phenoxy) is 4. The Morgan fingerprint density at radius 1 is 1.15 bits per heavy atom. The number of aromatic nitrogens is 2. The van der Waals surface area contributed by atoms with Crippen LogP contribution in [0.5, 0.6) is 5.88 Å². The molecule has 1 aromatic rings. The lowest BCUT2D eigenvalue weighted by atomic mass is 10.3. The third-order valence-corrected chi connectivity index (χ3v) is 2.44. The number of rotatable bonds is 11. The van der Waals surface area contributed by atoms with Gasteiger partial charge in [-0.3, -0.25) is 0 Å². The topological polar surface area (TPSA) is 88.7 Å². The van der Waals surface area contributed by atoms with E-state index in [1.54, 1.807) is 13.2 Å². The minimum absolute atomic E-state index is 0.224. The molecule has 0 amide bonds. The second kappa shape index (κ2) is 10.4. The van der Waals surface area contributed by atoms with Crippen LogP contribution in [0.25, 0.3) is 0 Å². The van der Waals surface area contributed by atoms with Gasteiger partial charge in [0.15, 0.2) is 0 Å². The third kappa shape index (κ3) is 6.71. The summed E-state index contributed by atoms with van der Waals surface area (Å²) in [5.74, 6) is 0.319. The molecule has 1 heterocycles. The van der Waals surface area contributed by atoms with Crippen LogP contribution in [0.2, 0.25) is 0 Å². The molecule has 20 heavy (non-hydrogen) atoms. The first-order chi connectivity index (χ1) is 9.75. The van der Waals surface area contributed by atoms with Crippen molar-refractivity contribution in [3.05, 3.63) is 17.8 Å². The van der Waals surface area contributed by atoms with Gasteiger partial charge < -0.3 is 24.7 Å². The third-order valence-electron chi connectivity index (χ3n) is 2.22. The van der Waals surface area contributed by atoms with E-state index in [0.717, 1.165) is 0 Å². The molecule has 1 rings (SSSR count). The smallest absolute Gasteiger partial charge is 0.243 e. The second-order valence-corrected chi connectivity index (χ2v) is 4.12. The molecule has 0 atom stereocenters. The van der Waals surface area contributed by atoms with Crippen molar-refractivity contribution in [1.29, 1.82) is 0 Å². The van der Waals surface area contributed by atoms with E-state index in [1.165, 1.54) is 6.20 Å². The summed E-state index contributed by atoms with van der Waals surface area (Å²) in [6, 6.07) is 1.66. The van der Waals surface area contributed by atoms with Gasteiger partial charge in [0.05, 0.1) is 44.8 Å². The van der Waals surface area contributed by atoms with E-state index in [9.17, 15) is 0 Å². The predicted molar refractivity (Wildman–Crippen MR) is 76.9 cm³/mol. The number of nitrogens with two attached hydrogens (primary N) is 1. The van der Waals surface area contributed by atoms with Crippen LogP contribution in [0.3, 0.4) is 0 Å². The maximum absolute atomic E-state index is 5.55. The first kappa shape index (κ1) is 16.7. The van der Waals surface area contributed by atoms with Crippen LogP contribution >= 0.6 is 12.2 Å². The molecule has 0 bridgehead atoms. The number of methoxy groups -OCH3 is 1. The number of nitrogens with zero attached hydrogens (tertiary/aromatic N) is 2. The molecule has 112 valence electrons. The predicted octanol–water partition coefficient (Wildman–Crippen LogP) is 0.169. The Labute approximate surface area is 123 Å². The molecule has 0 aliphatic carbocycles. The highest BCUT2D eigenvalue weighted by molar-refractivity contribution is 7.80. The Bertz CT molecular complexity index is 406. The van der Waals surface area contributed by atoms with E-state index in [-0.39, 0.29) is 4.99 Å². The molecule has 0 aromatic carbocycles. The summed E-state index contributed by atoms with van der Waals surface area (Å²) in [5.41, 5.74) is 6.12. The summed E-state index contributed by atoms with van der Waals surface area (Å²) in [7, 11) is 1.63. The minimum atomic E-state index is 0.224. The normalized spacial score (nSPS) is 10.4. The summed E-state index contributed by atoms with van der Waals surface area (Å²) < 4.78 is 20.8. The first-order valence-electron chi connectivity index (χ1n) is 6.14. The van der Waals surface area contributed by atoms with Crippen molar-refractivity contribution < 1.29 is 18.9 Å². The maximum Gasteiger partial charge on any atom is 0.243 e. The Hall–Kier alpha value is -1.35. The van der Waals surface area contributed by atoms with Crippen LogP contribution in [0.15, 0.2) is 12.3 Å². The van der Waals surface area contributed by atoms with E-state index in [4.69, 9.17) is 36.9 Å². The van der Waals surface area contributed by atoms with Gasteiger partial charge in [0.1, 0.15) is 11.6 Å². The molecule has 0 aliphatic heterocycles. The lowest BCUT2D eigenvalue weighted by Gasteiger charge is -2.09. The fraction of sp³-hybridized carbons (Fsp3) is 0.583. The van der Waals surface area contributed by atoms with Gasteiger partial charge in [-0.25, -0.2) is 0 Å². The van der Waals surface area contributed by atoms with Crippen molar-refractivity contribution in [3.63, 3.8) is 0 Å². The van der Waals surface area contributed by atoms with Crippen LogP contribution in [0, 0.1) is 0 Å². The Morgan fingerprint density at radius 2 is 1.80 bits per heavy atom. The van der Waals surface area contributed by atoms with Crippen molar-refractivity contribution in [2.75, 3.05) is 46.8 Å². The zero-order valence-electron chi connectivity index (χ0n) is 11.4. The van der Waals surface area contributed by atoms with E-state index >= 15 is 0 Å². The van der Waals surface area contributed by atoms with Gasteiger partial charge in [-0.1, -0.05) is 12.2 Å². The number of thiocarbonyl (C=S) groups is 1. The summed E-state index contributed by atoms with van der Waals surface area (Å²) in [4.78, 5) is 0.224. The number of hydrogen-bond acceptors (Lipinski definition) is 7. The summed E-state index contributed by atoms with van der Waals surface area (Å²) in [6.07, 6.45) is 1.51. The summed E-state index contributed by atoms with van der Waals surface area (Å²) in [6.45, 7) is 2.92. The second-order valence-electron chi connectivity index (χ2n) is 3.68. The average Bonchev–Trinajstić information content (AvgIpc) is 2.46. The van der Waals surface area contributed by atoms with Gasteiger partial charge in [-0.2, -0.15) is 5.10 Å². The quantitative estimate of drug-likeness (QED) is 0.457. The van der Waals surface area contributed by atoms with Crippen LogP contribution in [-0.2, 0) is 14.2 Å². The largest absolute Gasteiger partial charge is 0.474 e. The van der Waals surface area contributed by atoms with Crippen LogP contribution in [0.1, 0.15) is 5.56 Å². The van der Waals surface area contributed by atoms with Gasteiger partial charge in [-0.05, 0) is 6.07 Å². The van der Waals surface area contributed by atoms with E-state index in [1.807, 2.05) is 0 Å². The van der Waals surface area contributed by atoms with Crippen molar-refractivity contribution in [2.24, 2.45) is 5.73 Å². The molecular formula is C12H19N3O4S. The molecule has 0 spiro atoms. The molecule has 0 saturated heterocycles. The van der Waals surface area contributed by atoms with E-state index < -0.39 is 0 Å². The van der Waals surface area contributed by atoms with Gasteiger partial charge in [0.2, 0.25) is 5.88 Å². The zero-order chi connectivity index (χ0) is 14.6. The van der Waals surface area contributed by atoms with Gasteiger partial charge in [0, 0.05) is 7.11 Å². The standard InChI is InChI=1S/C12H19N3O4S/c1-16-4-5-17-6-7-18-8-9-19-12-10(11(13)20)2-3-14-15-12/h2-3H,4-9H2,1H3,(H2,13,20). The molecule has 7 nitrogen and oxygen atoms in total. The molecule has 0 fully saturated rings. The molecule has 2 N–H and O–H groups in total. The maximum atomic E-state index is 5.55. The first-order valence-corrected chi connectivity index (χ1v) is 6.55. The van der Waals surface area contributed by atoms with E-state index in [2.05, 4.69) is 10.2 Å². The Morgan fingerprint density at radius 3 is 2.45 bits per heavy atom. The molecule has 0 unspecified atom stereocenters. The van der Waals surface area contributed by atoms with Crippen molar-refractivity contribution >= 4 is 17.2 Å². The molecule has 8 heteroatoms. The highest BCUT2D eigenvalue weighted by atomic mass is 32.1. The summed E-state index contributed by atoms with van der Waals surface area (Å²) in [5, 5.41) is 7.56. The lowest BCUT2D eigenvalue weighted by Crippen LogP contribution is -2.16. The number of hydrogen-bond donors (Lipinski definition) is 1. The zero-order valence-corrected chi connectivity index (χ0v) is 12.2. The van der Waals surface area contributed by atoms with Gasteiger partial charge >= 0.3 is 0 Å². The molecule has 0 saturated carbocycles. The van der Waals surface area contributed by atoms with Crippen molar-refractivity contribution in [1.82, 2.24) is 10.2 Å². The fourth-order valence-electron chi connectivity index (χ4n) is 1.27. The van der Waals surface area contributed by atoms with Gasteiger partial charge in [0.25, 0.3) is 0 Å². The van der Waals surface area contributed by atoms with Gasteiger partial charge in [-0.15, -0.1) is 5.10 Å². The van der Waals surface area contributed by atoms with Crippen LogP contribution in [0.4, 0.5) is 0 Å². The molecule has 1 aromatic heterocycles. The van der Waals surface area contributed by atoms with Crippen LogP contribution < -0.4 is 10.5 Å². The molecule has 0 radical (unpaired) electrons.